The van der Waals surface area contributed by atoms with E-state index in [0.717, 1.165) is 6.04 Å². The first kappa shape index (κ1) is 6.05. The van der Waals surface area contributed by atoms with Crippen LogP contribution in [0.25, 0.3) is 0 Å². The summed E-state index contributed by atoms with van der Waals surface area (Å²) in [5, 5.41) is 0. The molecule has 2 rings (SSSR count). The molecule has 52 valence electrons. The first-order chi connectivity index (χ1) is 4.47. The first-order valence-corrected chi connectivity index (χ1v) is 4.80. The zero-order chi connectivity index (χ0) is 6.10. The van der Waals surface area contributed by atoms with Gasteiger partial charge in [-0.1, -0.05) is 11.9 Å². The van der Waals surface area contributed by atoms with Crippen LogP contribution in [0.3, 0.4) is 0 Å². The van der Waals surface area contributed by atoms with E-state index in [1.54, 1.807) is 0 Å². The molecule has 2 heterocycles. The van der Waals surface area contributed by atoms with Crippen molar-refractivity contribution in [3.05, 3.63) is 0 Å². The van der Waals surface area contributed by atoms with Crippen LogP contribution >= 0.6 is 11.9 Å². The van der Waals surface area contributed by atoms with E-state index in [-0.39, 0.29) is 0 Å². The SMILES string of the molecule is C1CSN2CCCC2C1. The minimum Gasteiger partial charge on any atom is -0.248 e. The van der Waals surface area contributed by atoms with Crippen LogP contribution in [0.2, 0.25) is 0 Å². The maximum Gasteiger partial charge on any atom is 0.0203 e. The second kappa shape index (κ2) is 2.51. The zero-order valence-electron chi connectivity index (χ0n) is 5.68. The molecule has 2 fully saturated rings. The molecule has 0 amide bonds. The average Bonchev–Trinajstić information content (AvgIpc) is 2.33. The van der Waals surface area contributed by atoms with E-state index < -0.39 is 0 Å². The Bertz CT molecular complexity index is 93.1. The lowest BCUT2D eigenvalue weighted by Gasteiger charge is -2.27. The van der Waals surface area contributed by atoms with Gasteiger partial charge in [-0.15, -0.1) is 0 Å². The van der Waals surface area contributed by atoms with Crippen molar-refractivity contribution in [3.8, 4) is 0 Å². The number of nitrogens with zero attached hydrogens (tertiary/aromatic N) is 1. The van der Waals surface area contributed by atoms with Gasteiger partial charge in [-0.3, -0.25) is 0 Å². The Morgan fingerprint density at radius 2 is 2.11 bits per heavy atom. The van der Waals surface area contributed by atoms with E-state index in [4.69, 9.17) is 0 Å². The molecule has 2 aliphatic heterocycles. The van der Waals surface area contributed by atoms with Crippen molar-refractivity contribution < 1.29 is 0 Å². The highest BCUT2D eigenvalue weighted by atomic mass is 32.2. The first-order valence-electron chi connectivity index (χ1n) is 3.86. The van der Waals surface area contributed by atoms with E-state index in [1.807, 2.05) is 0 Å². The molecule has 0 aromatic heterocycles. The van der Waals surface area contributed by atoms with E-state index in [1.165, 1.54) is 38.0 Å². The topological polar surface area (TPSA) is 3.24 Å². The van der Waals surface area contributed by atoms with Gasteiger partial charge in [0.2, 0.25) is 0 Å². The van der Waals surface area contributed by atoms with Crippen LogP contribution in [-0.2, 0) is 0 Å². The number of hydrogen-bond donors (Lipinski definition) is 0. The summed E-state index contributed by atoms with van der Waals surface area (Å²) < 4.78 is 2.59. The quantitative estimate of drug-likeness (QED) is 0.476. The maximum absolute atomic E-state index is 2.59. The van der Waals surface area contributed by atoms with Crippen LogP contribution in [0.5, 0.6) is 0 Å². The van der Waals surface area contributed by atoms with Crippen LogP contribution < -0.4 is 0 Å². The van der Waals surface area contributed by atoms with Gasteiger partial charge in [-0.2, -0.15) is 0 Å². The fourth-order valence-electron chi connectivity index (χ4n) is 1.77. The highest BCUT2D eigenvalue weighted by Crippen LogP contribution is 2.32. The highest BCUT2D eigenvalue weighted by Gasteiger charge is 2.26. The summed E-state index contributed by atoms with van der Waals surface area (Å²) in [7, 11) is 0. The lowest BCUT2D eigenvalue weighted by Crippen LogP contribution is -2.26. The number of fused-ring (bicyclic) bond motifs is 1. The summed E-state index contributed by atoms with van der Waals surface area (Å²) >= 11 is 2.07. The van der Waals surface area contributed by atoms with Crippen LogP contribution in [0.1, 0.15) is 25.7 Å². The Morgan fingerprint density at radius 3 is 3.00 bits per heavy atom. The van der Waals surface area contributed by atoms with Gasteiger partial charge in [0.1, 0.15) is 0 Å². The Kier molecular flexibility index (Phi) is 1.68. The summed E-state index contributed by atoms with van der Waals surface area (Å²) in [5.41, 5.74) is 0. The molecule has 1 atom stereocenters. The predicted octanol–water partition coefficient (Wildman–Crippen LogP) is 1.89. The summed E-state index contributed by atoms with van der Waals surface area (Å²) in [5.74, 6) is 1.37. The van der Waals surface area contributed by atoms with Crippen LogP contribution in [-0.4, -0.2) is 22.6 Å². The Hall–Kier alpha value is 0.310. The van der Waals surface area contributed by atoms with Crippen molar-refractivity contribution in [2.24, 2.45) is 0 Å². The normalized spacial score (nSPS) is 36.7. The van der Waals surface area contributed by atoms with Crippen molar-refractivity contribution in [2.45, 2.75) is 31.7 Å². The molecule has 9 heavy (non-hydrogen) atoms. The minimum absolute atomic E-state index is 0.962. The molecular formula is C7H13NS. The molecule has 0 bridgehead atoms. The fraction of sp³-hybridized carbons (Fsp3) is 1.00. The van der Waals surface area contributed by atoms with E-state index in [2.05, 4.69) is 16.3 Å². The molecule has 1 unspecified atom stereocenters. The van der Waals surface area contributed by atoms with Crippen molar-refractivity contribution in [2.75, 3.05) is 12.3 Å². The molecule has 0 aliphatic carbocycles. The Morgan fingerprint density at radius 1 is 1.22 bits per heavy atom. The third-order valence-corrected chi connectivity index (χ3v) is 3.55. The molecule has 0 spiro atoms. The lowest BCUT2D eigenvalue weighted by atomic mass is 10.1. The van der Waals surface area contributed by atoms with Gasteiger partial charge in [-0.05, 0) is 25.7 Å². The van der Waals surface area contributed by atoms with Crippen molar-refractivity contribution >= 4 is 11.9 Å². The maximum atomic E-state index is 2.59. The largest absolute Gasteiger partial charge is 0.248 e. The molecule has 2 aliphatic rings. The van der Waals surface area contributed by atoms with Crippen LogP contribution in [0.4, 0.5) is 0 Å². The van der Waals surface area contributed by atoms with Gasteiger partial charge in [0.15, 0.2) is 0 Å². The Balaban J connectivity index is 1.97. The zero-order valence-corrected chi connectivity index (χ0v) is 6.49. The van der Waals surface area contributed by atoms with E-state index >= 15 is 0 Å². The smallest absolute Gasteiger partial charge is 0.0203 e. The van der Waals surface area contributed by atoms with Crippen LogP contribution in [0, 0.1) is 0 Å². The van der Waals surface area contributed by atoms with E-state index in [9.17, 15) is 0 Å². The summed E-state index contributed by atoms with van der Waals surface area (Å²) in [6, 6.07) is 0.962. The van der Waals surface area contributed by atoms with Crippen molar-refractivity contribution in [1.29, 1.82) is 0 Å². The predicted molar refractivity (Wildman–Crippen MR) is 41.4 cm³/mol. The lowest BCUT2D eigenvalue weighted by molar-refractivity contribution is 0.393. The van der Waals surface area contributed by atoms with E-state index in [0.29, 0.717) is 0 Å². The fourth-order valence-corrected chi connectivity index (χ4v) is 2.98. The molecule has 2 saturated heterocycles. The van der Waals surface area contributed by atoms with Gasteiger partial charge in [0.05, 0.1) is 0 Å². The van der Waals surface area contributed by atoms with Gasteiger partial charge >= 0.3 is 0 Å². The second-order valence-corrected chi connectivity index (χ2v) is 4.05. The summed E-state index contributed by atoms with van der Waals surface area (Å²) in [6.45, 7) is 1.36. The van der Waals surface area contributed by atoms with Crippen molar-refractivity contribution in [3.63, 3.8) is 0 Å². The van der Waals surface area contributed by atoms with Gasteiger partial charge in [0, 0.05) is 18.3 Å². The second-order valence-electron chi connectivity index (χ2n) is 2.91. The molecule has 0 saturated carbocycles. The molecule has 2 heteroatoms. The summed E-state index contributed by atoms with van der Waals surface area (Å²) in [4.78, 5) is 0. The highest BCUT2D eigenvalue weighted by molar-refractivity contribution is 7.97. The molecular weight excluding hydrogens is 130 g/mol. The molecule has 0 aromatic rings. The molecule has 0 aromatic carbocycles. The molecule has 0 radical (unpaired) electrons. The number of hydrogen-bond acceptors (Lipinski definition) is 2. The Labute approximate surface area is 60.9 Å². The average molecular weight is 143 g/mol. The molecule has 0 N–H and O–H groups in total. The van der Waals surface area contributed by atoms with Gasteiger partial charge in [-0.25, -0.2) is 4.31 Å². The third-order valence-electron chi connectivity index (χ3n) is 2.26. The standard InChI is InChI=1S/C7H13NS/c1-3-7-4-2-6-9-8(7)5-1/h7H,1-6H2. The van der Waals surface area contributed by atoms with Gasteiger partial charge < -0.3 is 0 Å². The number of rotatable bonds is 0. The van der Waals surface area contributed by atoms with Crippen molar-refractivity contribution in [1.82, 2.24) is 4.31 Å². The third kappa shape index (κ3) is 1.10. The summed E-state index contributed by atoms with van der Waals surface area (Å²) in [6.07, 6.45) is 5.82. The molecule has 1 nitrogen and oxygen atoms in total. The minimum atomic E-state index is 0.962. The van der Waals surface area contributed by atoms with Gasteiger partial charge in [0.25, 0.3) is 0 Å². The van der Waals surface area contributed by atoms with Crippen LogP contribution in [0.15, 0.2) is 0 Å². The monoisotopic (exact) mass is 143 g/mol.